The fraction of sp³-hybridized carbons (Fsp3) is 0.188. The van der Waals surface area contributed by atoms with Gasteiger partial charge in [-0.2, -0.15) is 0 Å². The zero-order chi connectivity index (χ0) is 14.1. The number of hydrogen-bond acceptors (Lipinski definition) is 3. The molecule has 2 aromatic carbocycles. The minimum Gasteiger partial charge on any atom is -0.497 e. The smallest absolute Gasteiger partial charge is 0.216 e. The number of fused-ring (bicyclic) bond motifs is 1. The summed E-state index contributed by atoms with van der Waals surface area (Å²) in [5.74, 6) is 0.296. The topological polar surface area (TPSA) is 35.5 Å². The Labute approximate surface area is 115 Å². The molecule has 1 heterocycles. The van der Waals surface area contributed by atoms with E-state index in [1.54, 1.807) is 36.4 Å². The monoisotopic (exact) mass is 272 g/mol. The third-order valence-electron chi connectivity index (χ3n) is 3.35. The SMILES string of the molecule is COc1ccc2c(c1)C(F)C(=O)C(c1ccccc1)O2. The van der Waals surface area contributed by atoms with Gasteiger partial charge in [0.2, 0.25) is 5.78 Å². The van der Waals surface area contributed by atoms with Gasteiger partial charge in [-0.25, -0.2) is 4.39 Å². The Morgan fingerprint density at radius 3 is 2.60 bits per heavy atom. The van der Waals surface area contributed by atoms with E-state index in [-0.39, 0.29) is 5.56 Å². The summed E-state index contributed by atoms with van der Waals surface area (Å²) < 4.78 is 25.0. The molecule has 0 aromatic heterocycles. The number of Topliss-reactive ketones (excluding diaryl/α,β-unsaturated/α-hetero) is 1. The third kappa shape index (κ3) is 2.03. The number of hydrogen-bond donors (Lipinski definition) is 0. The van der Waals surface area contributed by atoms with Crippen molar-refractivity contribution in [2.24, 2.45) is 0 Å². The van der Waals surface area contributed by atoms with Gasteiger partial charge in [0.1, 0.15) is 11.5 Å². The molecular formula is C16H13FO3. The summed E-state index contributed by atoms with van der Waals surface area (Å²) in [7, 11) is 1.49. The Morgan fingerprint density at radius 2 is 1.90 bits per heavy atom. The number of carbonyl (C=O) groups is 1. The molecule has 0 spiro atoms. The van der Waals surface area contributed by atoms with Crippen molar-refractivity contribution < 1.29 is 18.7 Å². The van der Waals surface area contributed by atoms with Gasteiger partial charge in [-0.05, 0) is 23.8 Å². The molecule has 1 aliphatic heterocycles. The molecule has 1 aliphatic rings. The van der Waals surface area contributed by atoms with E-state index < -0.39 is 18.1 Å². The van der Waals surface area contributed by atoms with E-state index in [0.29, 0.717) is 17.1 Å². The van der Waals surface area contributed by atoms with Gasteiger partial charge >= 0.3 is 0 Å². The van der Waals surface area contributed by atoms with E-state index in [0.717, 1.165) is 0 Å². The van der Waals surface area contributed by atoms with Crippen LogP contribution in [-0.4, -0.2) is 12.9 Å². The highest BCUT2D eigenvalue weighted by atomic mass is 19.1. The second kappa shape index (κ2) is 4.96. The van der Waals surface area contributed by atoms with E-state index in [1.165, 1.54) is 13.2 Å². The zero-order valence-electron chi connectivity index (χ0n) is 10.9. The lowest BCUT2D eigenvalue weighted by Crippen LogP contribution is -2.28. The molecule has 20 heavy (non-hydrogen) atoms. The van der Waals surface area contributed by atoms with Crippen LogP contribution in [0.3, 0.4) is 0 Å². The number of alkyl halides is 1. The van der Waals surface area contributed by atoms with Crippen molar-refractivity contribution in [2.75, 3.05) is 7.11 Å². The van der Waals surface area contributed by atoms with Gasteiger partial charge in [-0.3, -0.25) is 4.79 Å². The predicted octanol–water partition coefficient (Wildman–Crippen LogP) is 3.41. The van der Waals surface area contributed by atoms with Crippen LogP contribution < -0.4 is 9.47 Å². The molecule has 0 bridgehead atoms. The van der Waals surface area contributed by atoms with E-state index in [9.17, 15) is 9.18 Å². The van der Waals surface area contributed by atoms with Gasteiger partial charge in [-0.1, -0.05) is 30.3 Å². The number of benzene rings is 2. The van der Waals surface area contributed by atoms with E-state index in [1.807, 2.05) is 6.07 Å². The Hall–Kier alpha value is -2.36. The highest BCUT2D eigenvalue weighted by Crippen LogP contribution is 2.41. The van der Waals surface area contributed by atoms with Gasteiger partial charge in [0, 0.05) is 5.56 Å². The molecule has 2 unspecified atom stereocenters. The zero-order valence-corrected chi connectivity index (χ0v) is 10.9. The molecule has 2 aromatic rings. The third-order valence-corrected chi connectivity index (χ3v) is 3.35. The van der Waals surface area contributed by atoms with Crippen LogP contribution in [0.1, 0.15) is 23.4 Å². The summed E-state index contributed by atoms with van der Waals surface area (Å²) in [6, 6.07) is 13.7. The maximum atomic E-state index is 14.3. The average Bonchev–Trinajstić information content (AvgIpc) is 2.51. The molecule has 0 saturated carbocycles. The van der Waals surface area contributed by atoms with Crippen LogP contribution in [0.2, 0.25) is 0 Å². The van der Waals surface area contributed by atoms with Crippen molar-refractivity contribution in [3.05, 3.63) is 59.7 Å². The molecule has 0 radical (unpaired) electrons. The van der Waals surface area contributed by atoms with E-state index >= 15 is 0 Å². The first-order valence-corrected chi connectivity index (χ1v) is 6.28. The summed E-state index contributed by atoms with van der Waals surface area (Å²) in [5, 5.41) is 0. The fourth-order valence-electron chi connectivity index (χ4n) is 2.29. The molecule has 0 N–H and O–H groups in total. The summed E-state index contributed by atoms with van der Waals surface area (Å²) >= 11 is 0. The Bertz CT molecular complexity index is 639. The lowest BCUT2D eigenvalue weighted by atomic mass is 9.94. The summed E-state index contributed by atoms with van der Waals surface area (Å²) in [6.45, 7) is 0. The predicted molar refractivity (Wildman–Crippen MR) is 71.7 cm³/mol. The lowest BCUT2D eigenvalue weighted by Gasteiger charge is -2.27. The second-order valence-corrected chi connectivity index (χ2v) is 4.58. The average molecular weight is 272 g/mol. The van der Waals surface area contributed by atoms with E-state index in [4.69, 9.17) is 9.47 Å². The van der Waals surface area contributed by atoms with Gasteiger partial charge < -0.3 is 9.47 Å². The number of rotatable bonds is 2. The highest BCUT2D eigenvalue weighted by Gasteiger charge is 2.38. The van der Waals surface area contributed by atoms with Crippen LogP contribution in [0.15, 0.2) is 48.5 Å². The van der Waals surface area contributed by atoms with Crippen LogP contribution >= 0.6 is 0 Å². The van der Waals surface area contributed by atoms with Gasteiger partial charge in [0.15, 0.2) is 12.3 Å². The molecule has 0 aliphatic carbocycles. The quantitative estimate of drug-likeness (QED) is 0.840. The van der Waals surface area contributed by atoms with E-state index in [2.05, 4.69) is 0 Å². The first-order valence-electron chi connectivity index (χ1n) is 6.28. The van der Waals surface area contributed by atoms with Crippen molar-refractivity contribution in [3.8, 4) is 11.5 Å². The van der Waals surface area contributed by atoms with Crippen molar-refractivity contribution in [3.63, 3.8) is 0 Å². The minimum atomic E-state index is -1.70. The summed E-state index contributed by atoms with van der Waals surface area (Å²) in [6.07, 6.45) is -2.59. The van der Waals surface area contributed by atoms with Crippen LogP contribution in [0.4, 0.5) is 4.39 Å². The molecule has 4 heteroatoms. The van der Waals surface area contributed by atoms with Crippen molar-refractivity contribution in [2.45, 2.75) is 12.3 Å². The van der Waals surface area contributed by atoms with Crippen molar-refractivity contribution in [1.29, 1.82) is 0 Å². The van der Waals surface area contributed by atoms with Gasteiger partial charge in [-0.15, -0.1) is 0 Å². The molecular weight excluding hydrogens is 259 g/mol. The Balaban J connectivity index is 2.01. The van der Waals surface area contributed by atoms with Crippen LogP contribution in [-0.2, 0) is 4.79 Å². The molecule has 3 rings (SSSR count). The number of methoxy groups -OCH3 is 1. The minimum absolute atomic E-state index is 0.224. The Kier molecular flexibility index (Phi) is 3.14. The Morgan fingerprint density at radius 1 is 1.15 bits per heavy atom. The summed E-state index contributed by atoms with van der Waals surface area (Å²) in [4.78, 5) is 12.1. The van der Waals surface area contributed by atoms with Crippen LogP contribution in [0, 0.1) is 0 Å². The first-order chi connectivity index (χ1) is 9.70. The number of halogens is 1. The standard InChI is InChI=1S/C16H13FO3/c1-19-11-7-8-13-12(9-11)14(17)15(18)16(20-13)10-5-3-2-4-6-10/h2-9,14,16H,1H3. The molecule has 3 nitrogen and oxygen atoms in total. The number of carbonyl (C=O) groups excluding carboxylic acids is 1. The maximum absolute atomic E-state index is 14.3. The second-order valence-electron chi connectivity index (χ2n) is 4.58. The van der Waals surface area contributed by atoms with Crippen molar-refractivity contribution >= 4 is 5.78 Å². The molecule has 0 saturated heterocycles. The first kappa shape index (κ1) is 12.7. The van der Waals surface area contributed by atoms with Crippen LogP contribution in [0.25, 0.3) is 0 Å². The van der Waals surface area contributed by atoms with Crippen LogP contribution in [0.5, 0.6) is 11.5 Å². The molecule has 0 fully saturated rings. The molecule has 102 valence electrons. The number of ether oxygens (including phenoxy) is 2. The summed E-state index contributed by atoms with van der Waals surface area (Å²) in [5.41, 5.74) is 0.878. The number of ketones is 1. The van der Waals surface area contributed by atoms with Crippen molar-refractivity contribution in [1.82, 2.24) is 0 Å². The molecule has 2 atom stereocenters. The van der Waals surface area contributed by atoms with Gasteiger partial charge in [0.05, 0.1) is 7.11 Å². The van der Waals surface area contributed by atoms with Gasteiger partial charge in [0.25, 0.3) is 0 Å². The normalized spacial score (nSPS) is 21.0. The lowest BCUT2D eigenvalue weighted by molar-refractivity contribution is -0.133. The largest absolute Gasteiger partial charge is 0.497 e. The maximum Gasteiger partial charge on any atom is 0.216 e. The highest BCUT2D eigenvalue weighted by molar-refractivity contribution is 5.91. The fourth-order valence-corrected chi connectivity index (χ4v) is 2.29. The molecule has 0 amide bonds.